The highest BCUT2D eigenvalue weighted by Gasteiger charge is 2.23. The lowest BCUT2D eigenvalue weighted by Crippen LogP contribution is -2.38. The van der Waals surface area contributed by atoms with Crippen molar-refractivity contribution in [3.8, 4) is 11.5 Å². The summed E-state index contributed by atoms with van der Waals surface area (Å²) >= 11 is 3.19. The zero-order chi connectivity index (χ0) is 15.6. The van der Waals surface area contributed by atoms with E-state index in [2.05, 4.69) is 20.7 Å². The summed E-state index contributed by atoms with van der Waals surface area (Å²) in [5.41, 5.74) is -1.14. The van der Waals surface area contributed by atoms with Crippen LogP contribution in [0.3, 0.4) is 0 Å². The van der Waals surface area contributed by atoms with Crippen LogP contribution >= 0.6 is 15.9 Å². The first-order valence-corrected chi connectivity index (χ1v) is 8.02. The summed E-state index contributed by atoms with van der Waals surface area (Å²) in [4.78, 5) is 0.0133. The van der Waals surface area contributed by atoms with Crippen molar-refractivity contribution in [2.45, 2.75) is 24.3 Å². The zero-order valence-corrected chi connectivity index (χ0v) is 14.1. The summed E-state index contributed by atoms with van der Waals surface area (Å²) < 4.78 is 37.3. The summed E-state index contributed by atoms with van der Waals surface area (Å²) in [6, 6.07) is 2.87. The van der Waals surface area contributed by atoms with Gasteiger partial charge in [-0.15, -0.1) is 0 Å². The van der Waals surface area contributed by atoms with E-state index in [-0.39, 0.29) is 11.4 Å². The van der Waals surface area contributed by atoms with Gasteiger partial charge in [0, 0.05) is 17.1 Å². The number of nitrogens with one attached hydrogen (secondary N) is 1. The molecule has 0 spiro atoms. The number of ether oxygens (including phenoxy) is 2. The summed E-state index contributed by atoms with van der Waals surface area (Å²) in [6.07, 6.45) is 0. The molecule has 20 heavy (non-hydrogen) atoms. The quantitative estimate of drug-likeness (QED) is 0.795. The Labute approximate surface area is 127 Å². The van der Waals surface area contributed by atoms with Gasteiger partial charge in [0.05, 0.1) is 19.8 Å². The van der Waals surface area contributed by atoms with Crippen molar-refractivity contribution in [3.05, 3.63) is 16.6 Å². The van der Waals surface area contributed by atoms with Crippen LogP contribution in [0.4, 0.5) is 0 Å². The Hall–Kier alpha value is -0.830. The van der Waals surface area contributed by atoms with E-state index in [4.69, 9.17) is 9.47 Å². The standard InChI is InChI=1S/C12H18BrNO5S/c1-12(2,15)7-14-20(16,17)11-6-10(19-4)9(18-3)5-8(11)13/h5-6,14-15H,7H2,1-4H3. The van der Waals surface area contributed by atoms with E-state index >= 15 is 0 Å². The average Bonchev–Trinajstić information content (AvgIpc) is 2.35. The van der Waals surface area contributed by atoms with Crippen molar-refractivity contribution in [3.63, 3.8) is 0 Å². The summed E-state index contributed by atoms with van der Waals surface area (Å²) in [5, 5.41) is 9.60. The van der Waals surface area contributed by atoms with Crippen LogP contribution in [-0.2, 0) is 10.0 Å². The lowest BCUT2D eigenvalue weighted by molar-refractivity contribution is 0.0857. The number of rotatable bonds is 6. The fourth-order valence-corrected chi connectivity index (χ4v) is 3.63. The molecule has 0 aromatic heterocycles. The van der Waals surface area contributed by atoms with Gasteiger partial charge in [0.1, 0.15) is 4.90 Å². The number of halogens is 1. The van der Waals surface area contributed by atoms with Crippen molar-refractivity contribution in [2.75, 3.05) is 20.8 Å². The molecule has 114 valence electrons. The second-order valence-corrected chi connectivity index (χ2v) is 7.36. The van der Waals surface area contributed by atoms with Crippen LogP contribution in [0, 0.1) is 0 Å². The summed E-state index contributed by atoms with van der Waals surface area (Å²) in [5.74, 6) is 0.722. The molecule has 0 amide bonds. The molecule has 0 aliphatic carbocycles. The van der Waals surface area contributed by atoms with Crippen LogP contribution in [-0.4, -0.2) is 39.9 Å². The van der Waals surface area contributed by atoms with Gasteiger partial charge >= 0.3 is 0 Å². The topological polar surface area (TPSA) is 84.9 Å². The van der Waals surface area contributed by atoms with E-state index in [9.17, 15) is 13.5 Å². The maximum absolute atomic E-state index is 12.2. The van der Waals surface area contributed by atoms with Gasteiger partial charge in [-0.25, -0.2) is 13.1 Å². The molecule has 1 rings (SSSR count). The van der Waals surface area contributed by atoms with Crippen molar-refractivity contribution >= 4 is 26.0 Å². The van der Waals surface area contributed by atoms with Gasteiger partial charge in [-0.1, -0.05) is 0 Å². The van der Waals surface area contributed by atoms with Crippen LogP contribution in [0.1, 0.15) is 13.8 Å². The first-order valence-electron chi connectivity index (χ1n) is 5.74. The molecule has 0 fully saturated rings. The Morgan fingerprint density at radius 2 is 1.75 bits per heavy atom. The SMILES string of the molecule is COc1cc(Br)c(S(=O)(=O)NCC(C)(C)O)cc1OC. The molecule has 0 saturated carbocycles. The third-order valence-electron chi connectivity index (χ3n) is 2.42. The Morgan fingerprint density at radius 3 is 2.20 bits per heavy atom. The molecule has 2 N–H and O–H groups in total. The second kappa shape index (κ2) is 6.30. The molecule has 0 heterocycles. The van der Waals surface area contributed by atoms with Crippen molar-refractivity contribution in [1.29, 1.82) is 0 Å². The predicted octanol–water partition coefficient (Wildman–Crippen LogP) is 1.52. The lowest BCUT2D eigenvalue weighted by Gasteiger charge is -2.18. The zero-order valence-electron chi connectivity index (χ0n) is 11.7. The van der Waals surface area contributed by atoms with Crippen molar-refractivity contribution in [2.24, 2.45) is 0 Å². The Morgan fingerprint density at radius 1 is 1.25 bits per heavy atom. The normalized spacial score (nSPS) is 12.3. The van der Waals surface area contributed by atoms with Gasteiger partial charge in [0.15, 0.2) is 11.5 Å². The minimum Gasteiger partial charge on any atom is -0.493 e. The van der Waals surface area contributed by atoms with Gasteiger partial charge < -0.3 is 14.6 Å². The van der Waals surface area contributed by atoms with Crippen LogP contribution < -0.4 is 14.2 Å². The van der Waals surface area contributed by atoms with Gasteiger partial charge in [0.25, 0.3) is 0 Å². The number of hydrogen-bond donors (Lipinski definition) is 2. The van der Waals surface area contributed by atoms with Crippen LogP contribution in [0.2, 0.25) is 0 Å². The highest BCUT2D eigenvalue weighted by Crippen LogP contribution is 2.35. The van der Waals surface area contributed by atoms with E-state index < -0.39 is 15.6 Å². The Kier molecular flexibility index (Phi) is 5.42. The van der Waals surface area contributed by atoms with E-state index in [0.29, 0.717) is 16.0 Å². The van der Waals surface area contributed by atoms with E-state index in [1.807, 2.05) is 0 Å². The van der Waals surface area contributed by atoms with Crippen molar-refractivity contribution in [1.82, 2.24) is 4.72 Å². The minimum atomic E-state index is -3.77. The molecule has 1 aromatic rings. The smallest absolute Gasteiger partial charge is 0.241 e. The minimum absolute atomic E-state index is 0.0133. The molecule has 8 heteroatoms. The van der Waals surface area contributed by atoms with E-state index in [1.165, 1.54) is 40.2 Å². The molecular formula is C12H18BrNO5S. The fraction of sp³-hybridized carbons (Fsp3) is 0.500. The lowest BCUT2D eigenvalue weighted by atomic mass is 10.1. The number of sulfonamides is 1. The maximum atomic E-state index is 12.2. The Balaban J connectivity index is 3.18. The number of benzene rings is 1. The van der Waals surface area contributed by atoms with Crippen LogP contribution in [0.5, 0.6) is 11.5 Å². The van der Waals surface area contributed by atoms with Crippen LogP contribution in [0.25, 0.3) is 0 Å². The fourth-order valence-electron chi connectivity index (χ4n) is 1.39. The summed E-state index contributed by atoms with van der Waals surface area (Å²) in [6.45, 7) is 2.93. The highest BCUT2D eigenvalue weighted by atomic mass is 79.9. The molecular weight excluding hydrogens is 350 g/mol. The molecule has 0 aliphatic heterocycles. The molecule has 0 saturated heterocycles. The van der Waals surface area contributed by atoms with Gasteiger partial charge in [-0.3, -0.25) is 0 Å². The Bertz CT molecular complexity index is 580. The number of hydrogen-bond acceptors (Lipinski definition) is 5. The van der Waals surface area contributed by atoms with Crippen LogP contribution in [0.15, 0.2) is 21.5 Å². The average molecular weight is 368 g/mol. The van der Waals surface area contributed by atoms with E-state index in [0.717, 1.165) is 0 Å². The third kappa shape index (κ3) is 4.34. The van der Waals surface area contributed by atoms with Gasteiger partial charge in [0.2, 0.25) is 10.0 Å². The number of methoxy groups -OCH3 is 2. The third-order valence-corrected chi connectivity index (χ3v) is 4.78. The van der Waals surface area contributed by atoms with Gasteiger partial charge in [-0.05, 0) is 35.8 Å². The summed E-state index contributed by atoms with van der Waals surface area (Å²) in [7, 11) is -0.888. The van der Waals surface area contributed by atoms with Gasteiger partial charge in [-0.2, -0.15) is 0 Å². The molecule has 6 nitrogen and oxygen atoms in total. The second-order valence-electron chi connectivity index (χ2n) is 4.77. The highest BCUT2D eigenvalue weighted by molar-refractivity contribution is 9.10. The van der Waals surface area contributed by atoms with E-state index in [1.54, 1.807) is 0 Å². The molecule has 0 unspecified atom stereocenters. The first-order chi connectivity index (χ1) is 9.10. The molecule has 1 aromatic carbocycles. The predicted molar refractivity (Wildman–Crippen MR) is 78.7 cm³/mol. The largest absolute Gasteiger partial charge is 0.493 e. The molecule has 0 atom stereocenters. The first kappa shape index (κ1) is 17.2. The van der Waals surface area contributed by atoms with Crippen molar-refractivity contribution < 1.29 is 23.0 Å². The monoisotopic (exact) mass is 367 g/mol. The maximum Gasteiger partial charge on any atom is 0.241 e. The number of aliphatic hydroxyl groups is 1. The molecule has 0 aliphatic rings. The molecule has 0 radical (unpaired) electrons. The molecule has 0 bridgehead atoms.